The van der Waals surface area contributed by atoms with E-state index < -0.39 is 11.8 Å². The van der Waals surface area contributed by atoms with Crippen molar-refractivity contribution in [1.29, 1.82) is 0 Å². The second-order valence-electron chi connectivity index (χ2n) is 3.30. The summed E-state index contributed by atoms with van der Waals surface area (Å²) < 4.78 is 4.59. The van der Waals surface area contributed by atoms with Crippen LogP contribution in [0.25, 0.3) is 0 Å². The van der Waals surface area contributed by atoms with Crippen LogP contribution in [0.1, 0.15) is 26.7 Å². The van der Waals surface area contributed by atoms with E-state index in [9.17, 15) is 14.7 Å². The highest BCUT2D eigenvalue weighted by Gasteiger charge is 2.25. The van der Waals surface area contributed by atoms with Crippen LogP contribution < -0.4 is 0 Å². The van der Waals surface area contributed by atoms with Crippen LogP contribution in [0.3, 0.4) is 0 Å². The molecule has 0 amide bonds. The van der Waals surface area contributed by atoms with E-state index in [2.05, 4.69) is 4.74 Å². The van der Waals surface area contributed by atoms with E-state index in [1.807, 2.05) is 6.08 Å². The quantitative estimate of drug-likeness (QED) is 0.568. The molecule has 1 aliphatic rings. The van der Waals surface area contributed by atoms with Gasteiger partial charge in [-0.3, -0.25) is 4.79 Å². The summed E-state index contributed by atoms with van der Waals surface area (Å²) in [6.07, 6.45) is 2.88. The largest absolute Gasteiger partial charge is 0.507 e. The third-order valence-electron chi connectivity index (χ3n) is 2.24. The summed E-state index contributed by atoms with van der Waals surface area (Å²) in [6.45, 7) is 3.49. The molecule has 0 unspecified atom stereocenters. The van der Waals surface area contributed by atoms with E-state index >= 15 is 0 Å². The van der Waals surface area contributed by atoms with Crippen molar-refractivity contribution in [1.82, 2.24) is 0 Å². The monoisotopic (exact) mass is 210 g/mol. The SMILES string of the molecule is CCOC(=O)C(=O)C1=C(O)C(C)=CCC1. The molecule has 1 aliphatic carbocycles. The van der Waals surface area contributed by atoms with Crippen molar-refractivity contribution in [2.24, 2.45) is 0 Å². The molecule has 0 saturated carbocycles. The zero-order valence-electron chi connectivity index (χ0n) is 8.87. The van der Waals surface area contributed by atoms with Gasteiger partial charge in [-0.25, -0.2) is 4.79 Å². The Hall–Kier alpha value is -1.58. The highest BCUT2D eigenvalue weighted by molar-refractivity contribution is 6.40. The van der Waals surface area contributed by atoms with Crippen LogP contribution in [0.2, 0.25) is 0 Å². The van der Waals surface area contributed by atoms with Gasteiger partial charge < -0.3 is 9.84 Å². The minimum absolute atomic E-state index is 0.0840. The van der Waals surface area contributed by atoms with Crippen LogP contribution in [-0.2, 0) is 14.3 Å². The van der Waals surface area contributed by atoms with Gasteiger partial charge in [0.1, 0.15) is 5.76 Å². The number of carbonyl (C=O) groups excluding carboxylic acids is 2. The summed E-state index contributed by atoms with van der Waals surface area (Å²) in [7, 11) is 0. The molecule has 0 radical (unpaired) electrons. The molecule has 0 aromatic rings. The van der Waals surface area contributed by atoms with E-state index in [0.29, 0.717) is 18.4 Å². The zero-order chi connectivity index (χ0) is 11.4. The van der Waals surface area contributed by atoms with Crippen molar-refractivity contribution in [3.05, 3.63) is 23.0 Å². The predicted molar refractivity (Wildman–Crippen MR) is 54.3 cm³/mol. The molecule has 4 heteroatoms. The van der Waals surface area contributed by atoms with Gasteiger partial charge in [-0.2, -0.15) is 0 Å². The number of hydrogen-bond donors (Lipinski definition) is 1. The molecule has 0 aromatic heterocycles. The summed E-state index contributed by atoms with van der Waals surface area (Å²) in [5.74, 6) is -1.71. The van der Waals surface area contributed by atoms with Crippen LogP contribution >= 0.6 is 0 Å². The molecule has 0 bridgehead atoms. The van der Waals surface area contributed by atoms with Crippen molar-refractivity contribution in [3.63, 3.8) is 0 Å². The fourth-order valence-corrected chi connectivity index (χ4v) is 1.43. The van der Waals surface area contributed by atoms with Crippen molar-refractivity contribution in [2.75, 3.05) is 6.61 Å². The normalized spacial score (nSPS) is 16.0. The van der Waals surface area contributed by atoms with Gasteiger partial charge in [0.05, 0.1) is 6.61 Å². The Morgan fingerprint density at radius 1 is 1.53 bits per heavy atom. The van der Waals surface area contributed by atoms with Gasteiger partial charge in [-0.05, 0) is 32.3 Å². The second-order valence-corrected chi connectivity index (χ2v) is 3.30. The fourth-order valence-electron chi connectivity index (χ4n) is 1.43. The molecule has 4 nitrogen and oxygen atoms in total. The van der Waals surface area contributed by atoms with Crippen molar-refractivity contribution < 1.29 is 19.4 Å². The lowest BCUT2D eigenvalue weighted by molar-refractivity contribution is -0.151. The number of ketones is 1. The first kappa shape index (κ1) is 11.5. The Kier molecular flexibility index (Phi) is 3.66. The van der Waals surface area contributed by atoms with Gasteiger partial charge in [0.15, 0.2) is 0 Å². The van der Waals surface area contributed by atoms with E-state index in [1.54, 1.807) is 13.8 Å². The van der Waals surface area contributed by atoms with Crippen LogP contribution in [0.4, 0.5) is 0 Å². The molecular weight excluding hydrogens is 196 g/mol. The maximum atomic E-state index is 11.5. The minimum Gasteiger partial charge on any atom is -0.507 e. The summed E-state index contributed by atoms with van der Waals surface area (Å²) in [5.41, 5.74) is 0.794. The molecule has 15 heavy (non-hydrogen) atoms. The Morgan fingerprint density at radius 3 is 2.80 bits per heavy atom. The van der Waals surface area contributed by atoms with Gasteiger partial charge in [0, 0.05) is 5.57 Å². The second kappa shape index (κ2) is 4.77. The molecule has 0 spiro atoms. The number of carbonyl (C=O) groups is 2. The molecule has 0 fully saturated rings. The lowest BCUT2D eigenvalue weighted by Crippen LogP contribution is -2.21. The third kappa shape index (κ3) is 2.46. The predicted octanol–water partition coefficient (Wildman–Crippen LogP) is 1.67. The number of Topliss-reactive ketones (excluding diaryl/α,β-unsaturated/α-hetero) is 1. The van der Waals surface area contributed by atoms with Crippen LogP contribution in [0, 0.1) is 0 Å². The number of ether oxygens (including phenoxy) is 1. The van der Waals surface area contributed by atoms with Crippen LogP contribution in [0.5, 0.6) is 0 Å². The topological polar surface area (TPSA) is 63.6 Å². The van der Waals surface area contributed by atoms with Gasteiger partial charge in [0.2, 0.25) is 0 Å². The highest BCUT2D eigenvalue weighted by atomic mass is 16.5. The zero-order valence-corrected chi connectivity index (χ0v) is 8.87. The molecule has 1 N–H and O–H groups in total. The molecule has 0 saturated heterocycles. The summed E-state index contributed by atoms with van der Waals surface area (Å²) in [6, 6.07) is 0. The maximum absolute atomic E-state index is 11.5. The highest BCUT2D eigenvalue weighted by Crippen LogP contribution is 2.23. The average molecular weight is 210 g/mol. The van der Waals surface area contributed by atoms with Crippen molar-refractivity contribution >= 4 is 11.8 Å². The summed E-state index contributed by atoms with van der Waals surface area (Å²) in [4.78, 5) is 22.7. The molecule has 0 heterocycles. The fraction of sp³-hybridized carbons (Fsp3) is 0.455. The number of allylic oxidation sites excluding steroid dienone is 2. The van der Waals surface area contributed by atoms with E-state index in [-0.39, 0.29) is 17.9 Å². The first-order valence-corrected chi connectivity index (χ1v) is 4.88. The van der Waals surface area contributed by atoms with Gasteiger partial charge in [-0.1, -0.05) is 6.08 Å². The minimum atomic E-state index is -0.895. The molecule has 0 aromatic carbocycles. The van der Waals surface area contributed by atoms with Crippen molar-refractivity contribution in [2.45, 2.75) is 26.7 Å². The lowest BCUT2D eigenvalue weighted by Gasteiger charge is -2.13. The Bertz CT molecular complexity index is 350. The van der Waals surface area contributed by atoms with Gasteiger partial charge >= 0.3 is 5.97 Å². The van der Waals surface area contributed by atoms with Gasteiger partial charge in [-0.15, -0.1) is 0 Å². The summed E-state index contributed by atoms with van der Waals surface area (Å²) >= 11 is 0. The average Bonchev–Trinajstić information content (AvgIpc) is 2.21. The number of rotatable bonds is 3. The van der Waals surface area contributed by atoms with E-state index in [1.165, 1.54) is 0 Å². The molecule has 82 valence electrons. The van der Waals surface area contributed by atoms with Crippen molar-refractivity contribution in [3.8, 4) is 0 Å². The first-order valence-electron chi connectivity index (χ1n) is 4.88. The standard InChI is InChI=1S/C11H14O4/c1-3-15-11(14)10(13)8-6-4-5-7(2)9(8)12/h5,12H,3-4,6H2,1-2H3. The first-order chi connectivity index (χ1) is 7.07. The number of aliphatic hydroxyl groups is 1. The maximum Gasteiger partial charge on any atom is 0.379 e. The Balaban J connectivity index is 2.88. The Morgan fingerprint density at radius 2 is 2.20 bits per heavy atom. The third-order valence-corrected chi connectivity index (χ3v) is 2.24. The van der Waals surface area contributed by atoms with Gasteiger partial charge in [0.25, 0.3) is 5.78 Å². The number of esters is 1. The van der Waals surface area contributed by atoms with E-state index in [4.69, 9.17) is 0 Å². The van der Waals surface area contributed by atoms with E-state index in [0.717, 1.165) is 0 Å². The van der Waals surface area contributed by atoms with Crippen LogP contribution in [-0.4, -0.2) is 23.5 Å². The van der Waals surface area contributed by atoms with Crippen LogP contribution in [0.15, 0.2) is 23.0 Å². The molecule has 1 rings (SSSR count). The molecule has 0 atom stereocenters. The summed E-state index contributed by atoms with van der Waals surface area (Å²) in [5, 5.41) is 9.61. The smallest absolute Gasteiger partial charge is 0.379 e. The lowest BCUT2D eigenvalue weighted by atomic mass is 9.95. The number of aliphatic hydroxyl groups excluding tert-OH is 1. The Labute approximate surface area is 88.2 Å². The number of hydrogen-bond acceptors (Lipinski definition) is 4. The molecule has 0 aliphatic heterocycles. The molecular formula is C11H14O4.